The average molecular weight is 329 g/mol. The molecule has 0 spiro atoms. The number of amides is 1. The Morgan fingerprint density at radius 3 is 2.73 bits per heavy atom. The molecule has 10 heteroatoms. The molecule has 1 fully saturated rings. The number of carbonyl (C=O) groups excluding carboxylic acids is 1. The van der Waals surface area contributed by atoms with E-state index in [1.807, 2.05) is 0 Å². The molecule has 0 aromatic heterocycles. The first-order valence-corrected chi connectivity index (χ1v) is 6.99. The number of alkyl halides is 1. The Morgan fingerprint density at radius 2 is 2.05 bits per heavy atom. The van der Waals surface area contributed by atoms with Crippen LogP contribution < -0.4 is 25.6 Å². The van der Waals surface area contributed by atoms with Gasteiger partial charge < -0.3 is 14.8 Å². The molecule has 0 aliphatic carbocycles. The van der Waals surface area contributed by atoms with Crippen LogP contribution in [0.3, 0.4) is 0 Å². The van der Waals surface area contributed by atoms with Gasteiger partial charge >= 0.3 is 0 Å². The number of rotatable bonds is 3. The first kappa shape index (κ1) is 14.8. The Morgan fingerprint density at radius 1 is 1.32 bits per heavy atom. The lowest BCUT2D eigenvalue weighted by Crippen LogP contribution is -2.42. The van der Waals surface area contributed by atoms with E-state index in [0.29, 0.717) is 30.4 Å². The van der Waals surface area contributed by atoms with Crippen LogP contribution in [-0.4, -0.2) is 41.6 Å². The van der Waals surface area contributed by atoms with Gasteiger partial charge in [-0.15, -0.1) is 11.6 Å². The number of hydrogen-bond donors (Lipinski definition) is 3. The summed E-state index contributed by atoms with van der Waals surface area (Å²) in [4.78, 5) is 22.3. The zero-order chi connectivity index (χ0) is 15.7. The van der Waals surface area contributed by atoms with Crippen LogP contribution in [0.25, 0.3) is 0 Å². The van der Waals surface area contributed by atoms with Crippen molar-refractivity contribution < 1.29 is 19.2 Å². The molecule has 2 aliphatic rings. The number of nitrogens with zero attached hydrogens (tertiary/aromatic N) is 1. The van der Waals surface area contributed by atoms with Crippen LogP contribution in [-0.2, 0) is 4.79 Å². The Labute approximate surface area is 130 Å². The molecule has 2 aliphatic heterocycles. The van der Waals surface area contributed by atoms with E-state index in [1.54, 1.807) is 18.2 Å². The van der Waals surface area contributed by atoms with Crippen LogP contribution in [0.15, 0.2) is 18.2 Å². The van der Waals surface area contributed by atoms with Crippen molar-refractivity contribution in [3.8, 4) is 11.5 Å². The summed E-state index contributed by atoms with van der Waals surface area (Å²) < 4.78 is 10.8. The lowest BCUT2D eigenvalue weighted by Gasteiger charge is -2.19. The van der Waals surface area contributed by atoms with Crippen LogP contribution >= 0.6 is 11.6 Å². The molecule has 0 radical (unpaired) electrons. The highest BCUT2D eigenvalue weighted by Gasteiger charge is 2.46. The third-order valence-corrected chi connectivity index (χ3v) is 3.82. The van der Waals surface area contributed by atoms with Crippen molar-refractivity contribution in [3.63, 3.8) is 0 Å². The van der Waals surface area contributed by atoms with Gasteiger partial charge in [0, 0.05) is 16.7 Å². The summed E-state index contributed by atoms with van der Waals surface area (Å²) in [5, 5.41) is 12.4. The number of nitro groups is 1. The van der Waals surface area contributed by atoms with Crippen molar-refractivity contribution in [1.29, 1.82) is 0 Å². The lowest BCUT2D eigenvalue weighted by molar-refractivity contribution is -0.525. The third-order valence-electron chi connectivity index (χ3n) is 3.33. The van der Waals surface area contributed by atoms with E-state index in [0.717, 1.165) is 0 Å². The van der Waals surface area contributed by atoms with Crippen LogP contribution in [0.1, 0.15) is 0 Å². The largest absolute Gasteiger partial charge is 0.486 e. The zero-order valence-electron chi connectivity index (χ0n) is 11.2. The molecular weight excluding hydrogens is 316 g/mol. The highest BCUT2D eigenvalue weighted by Crippen LogP contribution is 2.32. The fourth-order valence-electron chi connectivity index (χ4n) is 2.24. The topological polar surface area (TPSA) is 115 Å². The summed E-state index contributed by atoms with van der Waals surface area (Å²) in [6.45, 7) is 0.916. The van der Waals surface area contributed by atoms with Gasteiger partial charge in [0.05, 0.1) is 0 Å². The summed E-state index contributed by atoms with van der Waals surface area (Å²) in [5.74, 6) is 0.661. The first-order valence-electron chi connectivity index (χ1n) is 6.55. The second kappa shape index (κ2) is 5.95. The van der Waals surface area contributed by atoms with Gasteiger partial charge in [-0.1, -0.05) is 0 Å². The standard InChI is InChI=1S/C12H13ClN4O5/c13-9-10(15-16-11(9)17(19)20)12(18)14-6-1-2-7-8(5-6)22-4-3-21-7/h1-2,5,9-11,15-16H,3-4H2,(H,14,18). The van der Waals surface area contributed by atoms with E-state index in [4.69, 9.17) is 21.1 Å². The highest BCUT2D eigenvalue weighted by atomic mass is 35.5. The second-order valence-electron chi connectivity index (χ2n) is 4.79. The molecule has 1 amide bonds. The summed E-state index contributed by atoms with van der Waals surface area (Å²) >= 11 is 5.94. The monoisotopic (exact) mass is 328 g/mol. The van der Waals surface area contributed by atoms with Crippen LogP contribution in [0.5, 0.6) is 11.5 Å². The maximum absolute atomic E-state index is 12.2. The van der Waals surface area contributed by atoms with Crippen LogP contribution in [0.2, 0.25) is 0 Å². The minimum atomic E-state index is -1.22. The first-order chi connectivity index (χ1) is 10.6. The average Bonchev–Trinajstić information content (AvgIpc) is 2.89. The molecule has 9 nitrogen and oxygen atoms in total. The number of nitrogens with one attached hydrogen (secondary N) is 3. The van der Waals surface area contributed by atoms with Gasteiger partial charge in [0.2, 0.25) is 5.91 Å². The summed E-state index contributed by atoms with van der Waals surface area (Å²) in [6, 6.07) is 4.04. The summed E-state index contributed by atoms with van der Waals surface area (Å²) in [7, 11) is 0. The molecule has 1 saturated heterocycles. The van der Waals surface area contributed by atoms with Crippen LogP contribution in [0, 0.1) is 10.1 Å². The number of fused-ring (bicyclic) bond motifs is 1. The molecule has 3 unspecified atom stereocenters. The second-order valence-corrected chi connectivity index (χ2v) is 5.29. The molecule has 118 valence electrons. The maximum Gasteiger partial charge on any atom is 0.296 e. The molecular formula is C12H13ClN4O5. The van der Waals surface area contributed by atoms with Gasteiger partial charge in [0.15, 0.2) is 11.5 Å². The minimum Gasteiger partial charge on any atom is -0.486 e. The SMILES string of the molecule is O=C(Nc1ccc2c(c1)OCCO2)C1NNC([N+](=O)[O-])C1Cl. The molecule has 3 atom stereocenters. The molecule has 3 rings (SSSR count). The lowest BCUT2D eigenvalue weighted by atomic mass is 10.2. The van der Waals surface area contributed by atoms with E-state index in [1.165, 1.54) is 0 Å². The van der Waals surface area contributed by atoms with Crippen molar-refractivity contribution in [2.24, 2.45) is 0 Å². The molecule has 1 aromatic rings. The summed E-state index contributed by atoms with van der Waals surface area (Å²) in [6.07, 6.45) is -1.22. The molecule has 22 heavy (non-hydrogen) atoms. The predicted octanol–water partition coefficient (Wildman–Crippen LogP) is 0.0829. The van der Waals surface area contributed by atoms with Crippen molar-refractivity contribution in [2.45, 2.75) is 17.6 Å². The van der Waals surface area contributed by atoms with Crippen molar-refractivity contribution in [2.75, 3.05) is 18.5 Å². The van der Waals surface area contributed by atoms with Crippen molar-refractivity contribution in [1.82, 2.24) is 10.9 Å². The highest BCUT2D eigenvalue weighted by molar-refractivity contribution is 6.24. The smallest absolute Gasteiger partial charge is 0.296 e. The Balaban J connectivity index is 1.68. The normalized spacial score (nSPS) is 26.5. The summed E-state index contributed by atoms with van der Waals surface area (Å²) in [5.41, 5.74) is 5.40. The van der Waals surface area contributed by atoms with E-state index >= 15 is 0 Å². The Kier molecular flexibility index (Phi) is 4.01. The number of ether oxygens (including phenoxy) is 2. The number of hydrazine groups is 1. The van der Waals surface area contributed by atoms with Crippen molar-refractivity contribution >= 4 is 23.2 Å². The van der Waals surface area contributed by atoms with Gasteiger partial charge in [-0.05, 0) is 12.1 Å². The van der Waals surface area contributed by atoms with Gasteiger partial charge in [-0.3, -0.25) is 14.9 Å². The van der Waals surface area contributed by atoms with Crippen molar-refractivity contribution in [3.05, 3.63) is 28.3 Å². The quantitative estimate of drug-likeness (QED) is 0.409. The Bertz CT molecular complexity index is 613. The Hall–Kier alpha value is -2.10. The molecule has 3 N–H and O–H groups in total. The number of hydrogen-bond acceptors (Lipinski definition) is 7. The maximum atomic E-state index is 12.2. The number of anilines is 1. The third kappa shape index (κ3) is 2.78. The van der Waals surface area contributed by atoms with Gasteiger partial charge in [-0.2, -0.15) is 5.43 Å². The molecule has 2 heterocycles. The van der Waals surface area contributed by atoms with E-state index in [9.17, 15) is 14.9 Å². The number of halogens is 1. The molecule has 0 bridgehead atoms. The fourth-order valence-corrected chi connectivity index (χ4v) is 2.57. The molecule has 1 aromatic carbocycles. The van der Waals surface area contributed by atoms with Gasteiger partial charge in [-0.25, -0.2) is 5.43 Å². The fraction of sp³-hybridized carbons (Fsp3) is 0.417. The zero-order valence-corrected chi connectivity index (χ0v) is 12.0. The number of benzene rings is 1. The number of carbonyl (C=O) groups is 1. The minimum absolute atomic E-state index is 0.437. The van der Waals surface area contributed by atoms with Gasteiger partial charge in [0.25, 0.3) is 6.17 Å². The predicted molar refractivity (Wildman–Crippen MR) is 76.5 cm³/mol. The van der Waals surface area contributed by atoms with E-state index in [2.05, 4.69) is 16.2 Å². The van der Waals surface area contributed by atoms with Crippen LogP contribution in [0.4, 0.5) is 5.69 Å². The van der Waals surface area contributed by atoms with E-state index in [-0.39, 0.29) is 0 Å². The molecule has 0 saturated carbocycles. The van der Waals surface area contributed by atoms with E-state index < -0.39 is 28.4 Å². The van der Waals surface area contributed by atoms with Gasteiger partial charge in [0.1, 0.15) is 24.6 Å².